The van der Waals surface area contributed by atoms with Crippen molar-refractivity contribution in [2.75, 3.05) is 32.4 Å². The first-order valence-corrected chi connectivity index (χ1v) is 14.5. The number of benzene rings is 2. The molecule has 0 aromatic heterocycles. The Morgan fingerprint density at radius 3 is 2.43 bits per heavy atom. The number of piperidine rings is 1. The molecule has 37 heavy (non-hydrogen) atoms. The standard InChI is InChI=1S/C28H38N4O4S/c1-6-16-28(3,4)30-26(33)19-29-27(34)20-32(37(5,35)36)23-14-17-31(18-15-23)21(2)24-13-9-11-22-10-7-8-12-25(22)24/h1,7-13,21,23H,14-20H2,2-5H3,(H,29,34)(H,30,33). The van der Waals surface area contributed by atoms with Gasteiger partial charge in [0.15, 0.2) is 0 Å². The lowest BCUT2D eigenvalue weighted by atomic mass is 9.96. The molecular weight excluding hydrogens is 488 g/mol. The summed E-state index contributed by atoms with van der Waals surface area (Å²) in [5.41, 5.74) is 0.659. The Hall–Kier alpha value is -2.93. The molecule has 0 bridgehead atoms. The quantitative estimate of drug-likeness (QED) is 0.464. The van der Waals surface area contributed by atoms with Crippen LogP contribution in [0.25, 0.3) is 10.8 Å². The summed E-state index contributed by atoms with van der Waals surface area (Å²) in [5.74, 6) is 1.61. The van der Waals surface area contributed by atoms with Crippen molar-refractivity contribution in [3.8, 4) is 12.3 Å². The van der Waals surface area contributed by atoms with E-state index in [-0.39, 0.29) is 31.1 Å². The van der Waals surface area contributed by atoms with Gasteiger partial charge < -0.3 is 10.6 Å². The maximum Gasteiger partial charge on any atom is 0.239 e. The lowest BCUT2D eigenvalue weighted by Crippen LogP contribution is -2.52. The number of nitrogens with one attached hydrogen (secondary N) is 2. The van der Waals surface area contributed by atoms with E-state index in [0.717, 1.165) is 19.3 Å². The third kappa shape index (κ3) is 7.78. The number of sulfonamides is 1. The average Bonchev–Trinajstić information content (AvgIpc) is 2.84. The zero-order valence-electron chi connectivity index (χ0n) is 22.2. The average molecular weight is 527 g/mol. The topological polar surface area (TPSA) is 98.8 Å². The first-order valence-electron chi connectivity index (χ1n) is 12.6. The Morgan fingerprint density at radius 2 is 1.78 bits per heavy atom. The molecule has 200 valence electrons. The van der Waals surface area contributed by atoms with Gasteiger partial charge in [-0.15, -0.1) is 12.3 Å². The van der Waals surface area contributed by atoms with Gasteiger partial charge in [0.25, 0.3) is 0 Å². The van der Waals surface area contributed by atoms with Crippen LogP contribution in [-0.2, 0) is 19.6 Å². The predicted molar refractivity (Wildman–Crippen MR) is 147 cm³/mol. The van der Waals surface area contributed by atoms with E-state index < -0.39 is 21.5 Å². The van der Waals surface area contributed by atoms with Crippen molar-refractivity contribution >= 4 is 32.6 Å². The van der Waals surface area contributed by atoms with Gasteiger partial charge in [-0.2, -0.15) is 4.31 Å². The zero-order valence-corrected chi connectivity index (χ0v) is 23.0. The smallest absolute Gasteiger partial charge is 0.239 e. The van der Waals surface area contributed by atoms with Crippen molar-refractivity contribution in [3.05, 3.63) is 48.0 Å². The minimum absolute atomic E-state index is 0.180. The van der Waals surface area contributed by atoms with Gasteiger partial charge in [0.05, 0.1) is 19.3 Å². The second-order valence-corrected chi connectivity index (χ2v) is 12.3. The lowest BCUT2D eigenvalue weighted by molar-refractivity contribution is -0.127. The first kappa shape index (κ1) is 28.6. The molecule has 9 heteroatoms. The third-order valence-electron chi connectivity index (χ3n) is 6.92. The number of fused-ring (bicyclic) bond motifs is 1. The van der Waals surface area contributed by atoms with Crippen molar-refractivity contribution in [1.29, 1.82) is 0 Å². The first-order chi connectivity index (χ1) is 17.4. The number of likely N-dealkylation sites (tertiary alicyclic amines) is 1. The zero-order chi connectivity index (χ0) is 27.2. The van der Waals surface area contributed by atoms with Crippen LogP contribution >= 0.6 is 0 Å². The minimum atomic E-state index is -3.62. The van der Waals surface area contributed by atoms with Crippen molar-refractivity contribution in [3.63, 3.8) is 0 Å². The Morgan fingerprint density at radius 1 is 1.14 bits per heavy atom. The summed E-state index contributed by atoms with van der Waals surface area (Å²) in [6.45, 7) is 6.65. The van der Waals surface area contributed by atoms with Gasteiger partial charge in [0, 0.05) is 37.1 Å². The molecule has 0 radical (unpaired) electrons. The summed E-state index contributed by atoms with van der Waals surface area (Å²) in [6.07, 6.45) is 8.04. The van der Waals surface area contributed by atoms with Crippen LogP contribution in [0.3, 0.4) is 0 Å². The van der Waals surface area contributed by atoms with E-state index in [9.17, 15) is 18.0 Å². The molecular formula is C28H38N4O4S. The van der Waals surface area contributed by atoms with Gasteiger partial charge in [-0.05, 0) is 49.9 Å². The normalized spacial score (nSPS) is 16.3. The Balaban J connectivity index is 1.58. The molecule has 2 aromatic carbocycles. The molecule has 2 amide bonds. The van der Waals surface area contributed by atoms with Crippen molar-refractivity contribution in [2.24, 2.45) is 0 Å². The van der Waals surface area contributed by atoms with E-state index in [1.165, 1.54) is 20.6 Å². The van der Waals surface area contributed by atoms with Gasteiger partial charge >= 0.3 is 0 Å². The van der Waals surface area contributed by atoms with E-state index in [1.54, 1.807) is 13.8 Å². The largest absolute Gasteiger partial charge is 0.349 e. The molecule has 0 saturated carbocycles. The highest BCUT2D eigenvalue weighted by molar-refractivity contribution is 7.88. The molecule has 1 unspecified atom stereocenters. The molecule has 1 heterocycles. The van der Waals surface area contributed by atoms with E-state index >= 15 is 0 Å². The molecule has 0 aliphatic carbocycles. The van der Waals surface area contributed by atoms with Gasteiger partial charge in [0.2, 0.25) is 21.8 Å². The number of nitrogens with zero attached hydrogens (tertiary/aromatic N) is 2. The van der Waals surface area contributed by atoms with Crippen LogP contribution in [0.2, 0.25) is 0 Å². The van der Waals surface area contributed by atoms with Gasteiger partial charge in [0.1, 0.15) is 0 Å². The maximum absolute atomic E-state index is 12.6. The molecule has 3 rings (SSSR count). The van der Waals surface area contributed by atoms with Crippen LogP contribution < -0.4 is 10.6 Å². The highest BCUT2D eigenvalue weighted by Gasteiger charge is 2.33. The van der Waals surface area contributed by atoms with Crippen LogP contribution in [0.15, 0.2) is 42.5 Å². The fourth-order valence-electron chi connectivity index (χ4n) is 4.99. The highest BCUT2D eigenvalue weighted by atomic mass is 32.2. The maximum atomic E-state index is 12.6. The number of carbonyl (C=O) groups is 2. The van der Waals surface area contributed by atoms with E-state index in [4.69, 9.17) is 6.42 Å². The summed E-state index contributed by atoms with van der Waals surface area (Å²) in [7, 11) is -3.62. The van der Waals surface area contributed by atoms with Gasteiger partial charge in [-0.1, -0.05) is 42.5 Å². The van der Waals surface area contributed by atoms with E-state index in [2.05, 4.69) is 58.7 Å². The van der Waals surface area contributed by atoms with Crippen LogP contribution in [-0.4, -0.2) is 73.5 Å². The van der Waals surface area contributed by atoms with Crippen molar-refractivity contribution < 1.29 is 18.0 Å². The molecule has 2 N–H and O–H groups in total. The fourth-order valence-corrected chi connectivity index (χ4v) is 6.09. The Labute approximate surface area is 220 Å². The van der Waals surface area contributed by atoms with Crippen LogP contribution in [0, 0.1) is 12.3 Å². The molecule has 1 fully saturated rings. The van der Waals surface area contributed by atoms with Crippen LogP contribution in [0.5, 0.6) is 0 Å². The second kappa shape index (κ2) is 12.1. The number of amides is 2. The molecule has 2 aromatic rings. The molecule has 1 aliphatic heterocycles. The van der Waals surface area contributed by atoms with Gasteiger partial charge in [-0.3, -0.25) is 14.5 Å². The fraction of sp³-hybridized carbons (Fsp3) is 0.500. The monoisotopic (exact) mass is 526 g/mol. The van der Waals surface area contributed by atoms with Crippen molar-refractivity contribution in [1.82, 2.24) is 19.8 Å². The predicted octanol–water partition coefficient (Wildman–Crippen LogP) is 2.66. The molecule has 1 aliphatic rings. The number of hydrogen-bond donors (Lipinski definition) is 2. The molecule has 1 saturated heterocycles. The van der Waals surface area contributed by atoms with Gasteiger partial charge in [-0.25, -0.2) is 8.42 Å². The summed E-state index contributed by atoms with van der Waals surface area (Å²) in [5, 5.41) is 7.72. The molecule has 0 spiro atoms. The number of hydrogen-bond acceptors (Lipinski definition) is 5. The molecule has 1 atom stereocenters. The molecule has 8 nitrogen and oxygen atoms in total. The Kier molecular flexibility index (Phi) is 9.35. The SMILES string of the molecule is C#CCC(C)(C)NC(=O)CNC(=O)CN(C1CCN(C(C)c2cccc3ccccc23)CC1)S(C)(=O)=O. The second-order valence-electron chi connectivity index (χ2n) is 10.4. The summed E-state index contributed by atoms with van der Waals surface area (Å²) >= 11 is 0. The van der Waals surface area contributed by atoms with E-state index in [1.807, 2.05) is 12.1 Å². The highest BCUT2D eigenvalue weighted by Crippen LogP contribution is 2.31. The van der Waals surface area contributed by atoms with Crippen LogP contribution in [0.1, 0.15) is 51.6 Å². The number of rotatable bonds is 10. The van der Waals surface area contributed by atoms with E-state index in [0.29, 0.717) is 19.3 Å². The summed E-state index contributed by atoms with van der Waals surface area (Å²) < 4.78 is 26.4. The number of terminal acetylenes is 1. The minimum Gasteiger partial charge on any atom is -0.349 e. The van der Waals surface area contributed by atoms with Crippen molar-refractivity contribution in [2.45, 2.75) is 57.7 Å². The van der Waals surface area contributed by atoms with Crippen LogP contribution in [0.4, 0.5) is 0 Å². The summed E-state index contributed by atoms with van der Waals surface area (Å²) in [6, 6.07) is 14.5. The summed E-state index contributed by atoms with van der Waals surface area (Å²) in [4.78, 5) is 27.1. The third-order valence-corrected chi connectivity index (χ3v) is 8.20. The number of carbonyl (C=O) groups excluding carboxylic acids is 2. The Bertz CT molecular complexity index is 1260. The lowest BCUT2D eigenvalue weighted by Gasteiger charge is -2.39.